The van der Waals surface area contributed by atoms with Gasteiger partial charge in [0.05, 0.1) is 12.2 Å². The molecule has 2 N–H and O–H groups in total. The first-order valence-electron chi connectivity index (χ1n) is 10.4. The molecule has 2 spiro atoms. The number of aliphatic hydroxyl groups excluding tert-OH is 2. The Morgan fingerprint density at radius 3 is 1.50 bits per heavy atom. The third-order valence-corrected chi connectivity index (χ3v) is 11.7. The van der Waals surface area contributed by atoms with Crippen LogP contribution in [0.25, 0.3) is 0 Å². The van der Waals surface area contributed by atoms with Crippen LogP contribution in [-0.4, -0.2) is 35.0 Å². The van der Waals surface area contributed by atoms with Gasteiger partial charge in [-0.3, -0.25) is 0 Å². The SMILES string of the molecule is O[C@@H]1O[C@@H]2CC[C@@H]3[C@@H]2[C@H]2[C@H]4[C@@H]5[C@@H]6[C@H]7[C@H]8CC[C@@H]7O[C@@H](O)[C@]6([C@@H]34)[C@]21[C@H]85. The second-order valence-corrected chi connectivity index (χ2v) is 10.8. The molecule has 0 unspecified atom stereocenters. The second-order valence-electron chi connectivity index (χ2n) is 10.8. The molecule has 128 valence electrons. The maximum absolute atomic E-state index is 11.4. The lowest BCUT2D eigenvalue weighted by atomic mass is 9.41. The maximum atomic E-state index is 11.4. The molecule has 2 saturated heterocycles. The summed E-state index contributed by atoms with van der Waals surface area (Å²) in [5, 5.41) is 22.8. The van der Waals surface area contributed by atoms with Gasteiger partial charge in [-0.2, -0.15) is 0 Å². The van der Waals surface area contributed by atoms with E-state index in [1.54, 1.807) is 0 Å². The first-order chi connectivity index (χ1) is 11.7. The van der Waals surface area contributed by atoms with E-state index in [-0.39, 0.29) is 10.8 Å². The summed E-state index contributed by atoms with van der Waals surface area (Å²) < 4.78 is 12.7. The zero-order valence-electron chi connectivity index (χ0n) is 13.6. The lowest BCUT2D eigenvalue weighted by Crippen LogP contribution is -2.73. The number of ether oxygens (including phenoxy) is 2. The zero-order valence-corrected chi connectivity index (χ0v) is 13.6. The Morgan fingerprint density at radius 2 is 1.04 bits per heavy atom. The lowest BCUT2D eigenvalue weighted by Gasteiger charge is -2.68. The predicted octanol–water partition coefficient (Wildman–Crippen LogP) is 1.21. The van der Waals surface area contributed by atoms with Crippen LogP contribution in [-0.2, 0) is 9.47 Å². The van der Waals surface area contributed by atoms with Gasteiger partial charge >= 0.3 is 0 Å². The fourth-order valence-corrected chi connectivity index (χ4v) is 12.5. The van der Waals surface area contributed by atoms with Crippen molar-refractivity contribution in [1.29, 1.82) is 0 Å². The lowest BCUT2D eigenvalue weighted by molar-refractivity contribution is -0.393. The van der Waals surface area contributed by atoms with Gasteiger partial charge in [0.2, 0.25) is 0 Å². The predicted molar refractivity (Wildman–Crippen MR) is 80.0 cm³/mol. The largest absolute Gasteiger partial charge is 0.367 e. The van der Waals surface area contributed by atoms with E-state index >= 15 is 0 Å². The van der Waals surface area contributed by atoms with Gasteiger partial charge in [0.25, 0.3) is 0 Å². The van der Waals surface area contributed by atoms with Gasteiger partial charge in [-0.25, -0.2) is 0 Å². The quantitative estimate of drug-likeness (QED) is 0.702. The van der Waals surface area contributed by atoms with E-state index in [0.29, 0.717) is 47.7 Å². The number of aliphatic hydroxyl groups is 2. The summed E-state index contributed by atoms with van der Waals surface area (Å²) in [5.41, 5.74) is -0.314. The van der Waals surface area contributed by atoms with Gasteiger partial charge in [0, 0.05) is 10.8 Å². The Morgan fingerprint density at radius 1 is 0.583 bits per heavy atom. The number of rotatable bonds is 0. The average molecular weight is 328 g/mol. The van der Waals surface area contributed by atoms with E-state index < -0.39 is 12.6 Å². The summed E-state index contributed by atoms with van der Waals surface area (Å²) in [5.74, 6) is 6.92. The molecule has 10 rings (SSSR count). The normalized spacial score (nSPS) is 85.2. The van der Waals surface area contributed by atoms with Crippen LogP contribution >= 0.6 is 0 Å². The highest BCUT2D eigenvalue weighted by molar-refractivity contribution is 5.45. The van der Waals surface area contributed by atoms with Crippen molar-refractivity contribution in [2.75, 3.05) is 0 Å². The molecule has 2 heterocycles. The summed E-state index contributed by atoms with van der Waals surface area (Å²) >= 11 is 0. The minimum absolute atomic E-state index is 0.157. The van der Waals surface area contributed by atoms with Crippen LogP contribution in [0.3, 0.4) is 0 Å². The van der Waals surface area contributed by atoms with Crippen molar-refractivity contribution < 1.29 is 19.7 Å². The molecule has 10 fully saturated rings. The molecule has 0 aromatic heterocycles. The second kappa shape index (κ2) is 3.04. The Balaban J connectivity index is 1.42. The van der Waals surface area contributed by atoms with Crippen LogP contribution in [0.5, 0.6) is 0 Å². The summed E-state index contributed by atoms with van der Waals surface area (Å²) in [7, 11) is 0. The smallest absolute Gasteiger partial charge is 0.161 e. The van der Waals surface area contributed by atoms with E-state index in [0.717, 1.165) is 36.5 Å². The molecule has 8 bridgehead atoms. The standard InChI is InChI=1S/C20H24O4/c21-17-19-13-5-1-3-7-9(5)15-11(13)12-14(20(15,19)18(22)23-7)6-2-4-8(24-17)10(6)16(12)19/h5-18,21-22H,1-4H2/t5-,6-,7-,8+,9+,10+,11+,12+,13+,14-,15+,16+,17-,18-,19-,20-/m1/s1. The van der Waals surface area contributed by atoms with Crippen molar-refractivity contribution >= 4 is 0 Å². The van der Waals surface area contributed by atoms with Gasteiger partial charge in [0.15, 0.2) is 12.6 Å². The van der Waals surface area contributed by atoms with Crippen molar-refractivity contribution in [1.82, 2.24) is 0 Å². The van der Waals surface area contributed by atoms with Crippen LogP contribution in [0.15, 0.2) is 0 Å². The monoisotopic (exact) mass is 328 g/mol. The van der Waals surface area contributed by atoms with Gasteiger partial charge in [-0.15, -0.1) is 0 Å². The highest BCUT2D eigenvalue weighted by atomic mass is 16.6. The average Bonchev–Trinajstić information content (AvgIpc) is 3.34. The minimum atomic E-state index is -0.647. The Kier molecular flexibility index (Phi) is 1.56. The van der Waals surface area contributed by atoms with Gasteiger partial charge in [-0.1, -0.05) is 0 Å². The zero-order chi connectivity index (χ0) is 15.3. The first-order valence-corrected chi connectivity index (χ1v) is 10.4. The van der Waals surface area contributed by atoms with Gasteiger partial charge in [-0.05, 0) is 84.9 Å². The molecule has 0 amide bonds. The van der Waals surface area contributed by atoms with Crippen LogP contribution < -0.4 is 0 Å². The molecule has 10 aliphatic rings. The molecule has 0 aromatic carbocycles. The molecular formula is C20H24O4. The van der Waals surface area contributed by atoms with Crippen LogP contribution in [0.1, 0.15) is 25.7 Å². The number of hydrogen-bond acceptors (Lipinski definition) is 4. The summed E-state index contributed by atoms with van der Waals surface area (Å²) in [4.78, 5) is 0. The first kappa shape index (κ1) is 12.3. The summed E-state index contributed by atoms with van der Waals surface area (Å²) in [6.45, 7) is 0. The molecule has 0 radical (unpaired) electrons. The summed E-state index contributed by atoms with van der Waals surface area (Å²) in [6, 6.07) is 0. The van der Waals surface area contributed by atoms with E-state index in [4.69, 9.17) is 9.47 Å². The minimum Gasteiger partial charge on any atom is -0.367 e. The van der Waals surface area contributed by atoms with Crippen molar-refractivity contribution in [3.05, 3.63) is 0 Å². The van der Waals surface area contributed by atoms with E-state index in [1.165, 1.54) is 12.8 Å². The van der Waals surface area contributed by atoms with Crippen molar-refractivity contribution in [3.63, 3.8) is 0 Å². The Hall–Kier alpha value is -0.160. The fraction of sp³-hybridized carbons (Fsp3) is 1.00. The molecular weight excluding hydrogens is 304 g/mol. The number of hydrogen-bond donors (Lipinski definition) is 2. The third-order valence-electron chi connectivity index (χ3n) is 11.7. The molecule has 8 aliphatic carbocycles. The molecule has 16 atom stereocenters. The van der Waals surface area contributed by atoms with E-state index in [2.05, 4.69) is 0 Å². The third kappa shape index (κ3) is 0.719. The molecule has 24 heavy (non-hydrogen) atoms. The fourth-order valence-electron chi connectivity index (χ4n) is 12.5. The van der Waals surface area contributed by atoms with Crippen molar-refractivity contribution in [3.8, 4) is 0 Å². The van der Waals surface area contributed by atoms with Gasteiger partial charge in [0.1, 0.15) is 0 Å². The highest BCUT2D eigenvalue weighted by Gasteiger charge is 3.01. The van der Waals surface area contributed by atoms with Crippen LogP contribution in [0.2, 0.25) is 0 Å². The van der Waals surface area contributed by atoms with E-state index in [1.807, 2.05) is 0 Å². The van der Waals surface area contributed by atoms with Crippen molar-refractivity contribution in [2.24, 2.45) is 70.0 Å². The maximum Gasteiger partial charge on any atom is 0.161 e. The molecule has 4 heteroatoms. The van der Waals surface area contributed by atoms with Crippen LogP contribution in [0, 0.1) is 70.0 Å². The molecule has 0 aromatic rings. The van der Waals surface area contributed by atoms with Crippen LogP contribution in [0.4, 0.5) is 0 Å². The van der Waals surface area contributed by atoms with E-state index in [9.17, 15) is 10.2 Å². The summed E-state index contributed by atoms with van der Waals surface area (Å²) in [6.07, 6.45) is 4.08. The Bertz CT molecular complexity index is 648. The molecule has 4 nitrogen and oxygen atoms in total. The topological polar surface area (TPSA) is 58.9 Å². The molecule has 8 saturated carbocycles. The Labute approximate surface area is 140 Å². The van der Waals surface area contributed by atoms with Gasteiger partial charge < -0.3 is 19.7 Å². The highest BCUT2D eigenvalue weighted by Crippen LogP contribution is 3.00. The molecule has 2 aliphatic heterocycles. The van der Waals surface area contributed by atoms with Crippen molar-refractivity contribution in [2.45, 2.75) is 50.5 Å².